The van der Waals surface area contributed by atoms with Gasteiger partial charge in [-0.3, -0.25) is 9.89 Å². The molecule has 0 aliphatic heterocycles. The van der Waals surface area contributed by atoms with Crippen molar-refractivity contribution in [2.75, 3.05) is 11.9 Å². The number of anilines is 1. The average molecular weight is 245 g/mol. The van der Waals surface area contributed by atoms with E-state index in [1.165, 1.54) is 6.92 Å². The van der Waals surface area contributed by atoms with Crippen LogP contribution in [0.1, 0.15) is 28.5 Å². The predicted molar refractivity (Wildman–Crippen MR) is 67.6 cm³/mol. The molecule has 0 bridgehead atoms. The first-order valence-electron chi connectivity index (χ1n) is 5.73. The molecule has 0 aliphatic carbocycles. The number of carbonyl (C=O) groups excluding carboxylic acids is 1. The van der Waals surface area contributed by atoms with Gasteiger partial charge in [-0.05, 0) is 25.8 Å². The number of carbonyl (C=O) groups is 1. The van der Waals surface area contributed by atoms with E-state index >= 15 is 0 Å². The standard InChI is InChI=1S/C12H15N5O/c1-8-11(9(2)18)7-14-12(17-8)13-4-3-10-5-15-16-6-10/h5-7H,3-4H2,1-2H3,(H,15,16)(H,13,14,17). The number of hydrogen-bond donors (Lipinski definition) is 2. The van der Waals surface area contributed by atoms with E-state index in [2.05, 4.69) is 25.5 Å². The van der Waals surface area contributed by atoms with Crippen molar-refractivity contribution in [2.45, 2.75) is 20.3 Å². The molecule has 0 amide bonds. The Kier molecular flexibility index (Phi) is 3.66. The van der Waals surface area contributed by atoms with Crippen molar-refractivity contribution in [1.82, 2.24) is 20.2 Å². The summed E-state index contributed by atoms with van der Waals surface area (Å²) in [5, 5.41) is 9.75. The number of nitrogens with one attached hydrogen (secondary N) is 2. The number of hydrogen-bond acceptors (Lipinski definition) is 5. The van der Waals surface area contributed by atoms with Gasteiger partial charge in [-0.1, -0.05) is 0 Å². The van der Waals surface area contributed by atoms with Gasteiger partial charge in [-0.2, -0.15) is 5.10 Å². The lowest BCUT2D eigenvalue weighted by Gasteiger charge is -2.06. The Labute approximate surface area is 105 Å². The van der Waals surface area contributed by atoms with E-state index in [9.17, 15) is 4.79 Å². The molecule has 0 fully saturated rings. The lowest BCUT2D eigenvalue weighted by atomic mass is 10.2. The summed E-state index contributed by atoms with van der Waals surface area (Å²) in [4.78, 5) is 19.6. The molecule has 0 aliphatic rings. The second kappa shape index (κ2) is 5.39. The molecule has 0 saturated carbocycles. The zero-order valence-electron chi connectivity index (χ0n) is 10.4. The minimum Gasteiger partial charge on any atom is -0.354 e. The number of aryl methyl sites for hydroxylation is 1. The summed E-state index contributed by atoms with van der Waals surface area (Å²) in [5.74, 6) is 0.526. The predicted octanol–water partition coefficient (Wildman–Crippen LogP) is 1.37. The van der Waals surface area contributed by atoms with E-state index in [-0.39, 0.29) is 5.78 Å². The van der Waals surface area contributed by atoms with E-state index < -0.39 is 0 Å². The van der Waals surface area contributed by atoms with Crippen molar-refractivity contribution in [1.29, 1.82) is 0 Å². The lowest BCUT2D eigenvalue weighted by molar-refractivity contribution is 0.101. The van der Waals surface area contributed by atoms with Crippen LogP contribution >= 0.6 is 0 Å². The summed E-state index contributed by atoms with van der Waals surface area (Å²) in [6.07, 6.45) is 6.04. The summed E-state index contributed by atoms with van der Waals surface area (Å²) in [5.41, 5.74) is 2.39. The van der Waals surface area contributed by atoms with Crippen molar-refractivity contribution < 1.29 is 4.79 Å². The maximum atomic E-state index is 11.2. The van der Waals surface area contributed by atoms with Crippen LogP contribution in [0.25, 0.3) is 0 Å². The van der Waals surface area contributed by atoms with Gasteiger partial charge in [0.25, 0.3) is 0 Å². The first-order valence-corrected chi connectivity index (χ1v) is 5.73. The third kappa shape index (κ3) is 2.91. The maximum Gasteiger partial charge on any atom is 0.222 e. The fourth-order valence-corrected chi connectivity index (χ4v) is 1.63. The highest BCUT2D eigenvalue weighted by atomic mass is 16.1. The summed E-state index contributed by atoms with van der Waals surface area (Å²) in [7, 11) is 0. The molecule has 0 saturated heterocycles. The molecule has 0 atom stereocenters. The Morgan fingerprint density at radius 1 is 1.44 bits per heavy atom. The molecular formula is C12H15N5O. The topological polar surface area (TPSA) is 83.6 Å². The SMILES string of the molecule is CC(=O)c1cnc(NCCc2cn[nH]c2)nc1C. The molecule has 6 heteroatoms. The highest BCUT2D eigenvalue weighted by molar-refractivity contribution is 5.94. The Morgan fingerprint density at radius 3 is 2.89 bits per heavy atom. The van der Waals surface area contributed by atoms with Crippen LogP contribution in [0.4, 0.5) is 5.95 Å². The fraction of sp³-hybridized carbons (Fsp3) is 0.333. The minimum atomic E-state index is -0.0163. The molecule has 2 aromatic heterocycles. The van der Waals surface area contributed by atoms with Crippen LogP contribution in [0, 0.1) is 6.92 Å². The Morgan fingerprint density at radius 2 is 2.28 bits per heavy atom. The molecule has 6 nitrogen and oxygen atoms in total. The fourth-order valence-electron chi connectivity index (χ4n) is 1.63. The summed E-state index contributed by atoms with van der Waals surface area (Å²) in [6, 6.07) is 0. The number of H-pyrrole nitrogens is 1. The normalized spacial score (nSPS) is 10.3. The first-order chi connectivity index (χ1) is 8.66. The second-order valence-corrected chi connectivity index (χ2v) is 4.03. The minimum absolute atomic E-state index is 0.0163. The summed E-state index contributed by atoms with van der Waals surface area (Å²) >= 11 is 0. The van der Waals surface area contributed by atoms with Crippen molar-refractivity contribution in [2.24, 2.45) is 0 Å². The number of aromatic nitrogens is 4. The Hall–Kier alpha value is -2.24. The number of ketones is 1. The molecule has 0 radical (unpaired) electrons. The average Bonchev–Trinajstić information content (AvgIpc) is 2.81. The molecule has 18 heavy (non-hydrogen) atoms. The van der Waals surface area contributed by atoms with Crippen LogP contribution in [0.5, 0.6) is 0 Å². The van der Waals surface area contributed by atoms with Gasteiger partial charge >= 0.3 is 0 Å². The molecule has 2 N–H and O–H groups in total. The summed E-state index contributed by atoms with van der Waals surface area (Å²) < 4.78 is 0. The number of aromatic amines is 1. The second-order valence-electron chi connectivity index (χ2n) is 4.03. The maximum absolute atomic E-state index is 11.2. The van der Waals surface area contributed by atoms with Gasteiger partial charge in [0, 0.05) is 18.9 Å². The lowest BCUT2D eigenvalue weighted by Crippen LogP contribution is -2.10. The quantitative estimate of drug-likeness (QED) is 0.777. The van der Waals surface area contributed by atoms with Crippen LogP contribution in [-0.4, -0.2) is 32.5 Å². The number of rotatable bonds is 5. The zero-order chi connectivity index (χ0) is 13.0. The van der Waals surface area contributed by atoms with Crippen LogP contribution in [-0.2, 0) is 6.42 Å². The number of Topliss-reactive ketones (excluding diaryl/α,β-unsaturated/α-hetero) is 1. The highest BCUT2D eigenvalue weighted by Gasteiger charge is 2.06. The molecular weight excluding hydrogens is 230 g/mol. The van der Waals surface area contributed by atoms with Crippen molar-refractivity contribution in [3.05, 3.63) is 35.4 Å². The highest BCUT2D eigenvalue weighted by Crippen LogP contribution is 2.07. The van der Waals surface area contributed by atoms with E-state index in [0.29, 0.717) is 17.2 Å². The first kappa shape index (κ1) is 12.2. The Bertz CT molecular complexity index is 535. The van der Waals surface area contributed by atoms with E-state index in [1.54, 1.807) is 19.3 Å². The smallest absolute Gasteiger partial charge is 0.222 e. The van der Waals surface area contributed by atoms with Crippen LogP contribution < -0.4 is 5.32 Å². The largest absolute Gasteiger partial charge is 0.354 e. The monoisotopic (exact) mass is 245 g/mol. The van der Waals surface area contributed by atoms with Gasteiger partial charge in [-0.15, -0.1) is 0 Å². The Balaban J connectivity index is 1.94. The van der Waals surface area contributed by atoms with Gasteiger partial charge in [-0.25, -0.2) is 9.97 Å². The van der Waals surface area contributed by atoms with Crippen LogP contribution in [0.3, 0.4) is 0 Å². The van der Waals surface area contributed by atoms with Crippen LogP contribution in [0.15, 0.2) is 18.6 Å². The summed E-state index contributed by atoms with van der Waals surface area (Å²) in [6.45, 7) is 4.04. The number of nitrogens with zero attached hydrogens (tertiary/aromatic N) is 3. The molecule has 2 rings (SSSR count). The molecule has 2 aromatic rings. The van der Waals surface area contributed by atoms with Gasteiger partial charge in [0.15, 0.2) is 5.78 Å². The van der Waals surface area contributed by atoms with E-state index in [0.717, 1.165) is 18.5 Å². The van der Waals surface area contributed by atoms with Gasteiger partial charge in [0.2, 0.25) is 5.95 Å². The third-order valence-corrected chi connectivity index (χ3v) is 2.61. The van der Waals surface area contributed by atoms with Gasteiger partial charge in [0.05, 0.1) is 17.5 Å². The zero-order valence-corrected chi connectivity index (χ0v) is 10.4. The molecule has 0 unspecified atom stereocenters. The molecule has 0 aromatic carbocycles. The van der Waals surface area contributed by atoms with Gasteiger partial charge in [0.1, 0.15) is 0 Å². The molecule has 2 heterocycles. The van der Waals surface area contributed by atoms with Gasteiger partial charge < -0.3 is 5.32 Å². The van der Waals surface area contributed by atoms with E-state index in [1.807, 2.05) is 6.20 Å². The van der Waals surface area contributed by atoms with E-state index in [4.69, 9.17) is 0 Å². The van der Waals surface area contributed by atoms with Crippen molar-refractivity contribution >= 4 is 11.7 Å². The van der Waals surface area contributed by atoms with Crippen LogP contribution in [0.2, 0.25) is 0 Å². The van der Waals surface area contributed by atoms with Crippen molar-refractivity contribution in [3.8, 4) is 0 Å². The third-order valence-electron chi connectivity index (χ3n) is 2.61. The van der Waals surface area contributed by atoms with Crippen molar-refractivity contribution in [3.63, 3.8) is 0 Å². The molecule has 94 valence electrons. The molecule has 0 spiro atoms.